The molecule has 1 fully saturated rings. The molecule has 0 radical (unpaired) electrons. The lowest BCUT2D eigenvalue weighted by Crippen LogP contribution is -2.42. The van der Waals surface area contributed by atoms with Crippen LogP contribution in [-0.2, 0) is 4.79 Å². The van der Waals surface area contributed by atoms with E-state index in [1.807, 2.05) is 0 Å². The third kappa shape index (κ3) is 2.53. The molecule has 0 saturated carbocycles. The molecule has 1 saturated heterocycles. The van der Waals surface area contributed by atoms with Crippen LogP contribution in [-0.4, -0.2) is 44.5 Å². The van der Waals surface area contributed by atoms with Crippen LogP contribution < -0.4 is 0 Å². The molecule has 1 amide bonds. The highest BCUT2D eigenvalue weighted by Gasteiger charge is 2.35. The van der Waals surface area contributed by atoms with Gasteiger partial charge in [-0.05, 0) is 12.1 Å². The predicted octanol–water partition coefficient (Wildman–Crippen LogP) is 1.33. The number of carbonyl (C=O) groups is 2. The van der Waals surface area contributed by atoms with Crippen molar-refractivity contribution in [3.8, 4) is 0 Å². The first-order valence-corrected chi connectivity index (χ1v) is 6.36. The smallest absolute Gasteiger partial charge is 0.327 e. The average Bonchev–Trinajstić information content (AvgIpc) is 2.78. The van der Waals surface area contributed by atoms with E-state index in [1.54, 1.807) is 6.07 Å². The summed E-state index contributed by atoms with van der Waals surface area (Å²) in [5.41, 5.74) is 0.211. The summed E-state index contributed by atoms with van der Waals surface area (Å²) in [6.45, 7) is 0. The van der Waals surface area contributed by atoms with Crippen molar-refractivity contribution in [1.29, 1.82) is 0 Å². The Kier molecular flexibility index (Phi) is 3.54. The van der Waals surface area contributed by atoms with Gasteiger partial charge in [0.05, 0.1) is 10.9 Å². The number of halogens is 1. The summed E-state index contributed by atoms with van der Waals surface area (Å²) >= 11 is 7.08. The number of thioether (sulfide) groups is 1. The van der Waals surface area contributed by atoms with Crippen LogP contribution in [0.5, 0.6) is 0 Å². The van der Waals surface area contributed by atoms with Crippen molar-refractivity contribution in [2.24, 2.45) is 0 Å². The molecule has 1 aliphatic heterocycles. The maximum atomic E-state index is 12.0. The molecule has 5 nitrogen and oxygen atoms in total. The molecule has 1 aromatic heterocycles. The number of carboxylic acid groups (broad SMARTS) is 1. The standard InChI is InChI=1S/C10H9ClN2O3S/c11-6-1-2-7(12-3-6)9(14)13-5-17-4-8(13)10(15)16/h1-3,8H,4-5H2,(H,15,16). The molecule has 1 atom stereocenters. The summed E-state index contributed by atoms with van der Waals surface area (Å²) in [5, 5.41) is 9.41. The normalized spacial score (nSPS) is 19.4. The van der Waals surface area contributed by atoms with Crippen LogP contribution in [0, 0.1) is 0 Å². The zero-order chi connectivity index (χ0) is 12.4. The topological polar surface area (TPSA) is 70.5 Å². The van der Waals surface area contributed by atoms with Crippen molar-refractivity contribution in [3.63, 3.8) is 0 Å². The summed E-state index contributed by atoms with van der Waals surface area (Å²) in [6.07, 6.45) is 1.37. The van der Waals surface area contributed by atoms with Crippen molar-refractivity contribution in [3.05, 3.63) is 29.0 Å². The molecule has 1 aliphatic rings. The first-order valence-electron chi connectivity index (χ1n) is 4.82. The number of rotatable bonds is 2. The number of carboxylic acids is 1. The van der Waals surface area contributed by atoms with E-state index in [4.69, 9.17) is 16.7 Å². The molecule has 0 aromatic carbocycles. The molecule has 0 spiro atoms. The van der Waals surface area contributed by atoms with Gasteiger partial charge in [-0.25, -0.2) is 9.78 Å². The van der Waals surface area contributed by atoms with E-state index in [-0.39, 0.29) is 11.6 Å². The Morgan fingerprint density at radius 2 is 2.29 bits per heavy atom. The number of hydrogen-bond acceptors (Lipinski definition) is 4. The fraction of sp³-hybridized carbons (Fsp3) is 0.300. The maximum Gasteiger partial charge on any atom is 0.327 e. The van der Waals surface area contributed by atoms with E-state index in [1.165, 1.54) is 28.9 Å². The molecular formula is C10H9ClN2O3S. The summed E-state index contributed by atoms with van der Waals surface area (Å²) in [5.74, 6) is -0.578. The van der Waals surface area contributed by atoms with Gasteiger partial charge in [0.25, 0.3) is 5.91 Å². The van der Waals surface area contributed by atoms with E-state index in [9.17, 15) is 9.59 Å². The van der Waals surface area contributed by atoms with E-state index >= 15 is 0 Å². The fourth-order valence-electron chi connectivity index (χ4n) is 1.50. The second-order valence-electron chi connectivity index (χ2n) is 3.49. The Morgan fingerprint density at radius 3 is 2.88 bits per heavy atom. The molecular weight excluding hydrogens is 264 g/mol. The van der Waals surface area contributed by atoms with Gasteiger partial charge in [-0.2, -0.15) is 0 Å². The highest BCUT2D eigenvalue weighted by atomic mass is 35.5. The van der Waals surface area contributed by atoms with E-state index < -0.39 is 12.0 Å². The summed E-state index contributed by atoms with van der Waals surface area (Å²) in [6, 6.07) is 2.28. The van der Waals surface area contributed by atoms with Gasteiger partial charge in [0.2, 0.25) is 0 Å². The third-order valence-electron chi connectivity index (χ3n) is 2.37. The number of aliphatic carboxylic acids is 1. The van der Waals surface area contributed by atoms with Gasteiger partial charge < -0.3 is 10.0 Å². The monoisotopic (exact) mass is 272 g/mol. The molecule has 1 aromatic rings. The average molecular weight is 273 g/mol. The lowest BCUT2D eigenvalue weighted by molar-refractivity contribution is -0.140. The molecule has 2 heterocycles. The number of hydrogen-bond donors (Lipinski definition) is 1. The van der Waals surface area contributed by atoms with Gasteiger partial charge in [0.1, 0.15) is 11.7 Å². The van der Waals surface area contributed by atoms with Crippen LogP contribution in [0.15, 0.2) is 18.3 Å². The highest BCUT2D eigenvalue weighted by molar-refractivity contribution is 7.99. The van der Waals surface area contributed by atoms with Crippen molar-refractivity contribution in [1.82, 2.24) is 9.88 Å². The van der Waals surface area contributed by atoms with Crippen LogP contribution in [0.2, 0.25) is 5.02 Å². The van der Waals surface area contributed by atoms with E-state index in [2.05, 4.69) is 4.98 Å². The van der Waals surface area contributed by atoms with Gasteiger partial charge in [-0.15, -0.1) is 11.8 Å². The minimum Gasteiger partial charge on any atom is -0.480 e. The second-order valence-corrected chi connectivity index (χ2v) is 4.93. The number of nitrogens with zero attached hydrogens (tertiary/aromatic N) is 2. The quantitative estimate of drug-likeness (QED) is 0.880. The predicted molar refractivity (Wildman–Crippen MR) is 64.2 cm³/mol. The third-order valence-corrected chi connectivity index (χ3v) is 3.61. The van der Waals surface area contributed by atoms with E-state index in [0.29, 0.717) is 16.7 Å². The molecule has 1 unspecified atom stereocenters. The molecule has 17 heavy (non-hydrogen) atoms. The summed E-state index contributed by atoms with van der Waals surface area (Å²) in [4.78, 5) is 28.2. The molecule has 90 valence electrons. The largest absolute Gasteiger partial charge is 0.480 e. The molecule has 0 aliphatic carbocycles. The summed E-state index contributed by atoms with van der Waals surface area (Å²) < 4.78 is 0. The van der Waals surface area contributed by atoms with Gasteiger partial charge in [0.15, 0.2) is 0 Å². The summed E-state index contributed by atoms with van der Waals surface area (Å²) in [7, 11) is 0. The van der Waals surface area contributed by atoms with Crippen LogP contribution >= 0.6 is 23.4 Å². The van der Waals surface area contributed by atoms with Crippen LogP contribution in [0.1, 0.15) is 10.5 Å². The Hall–Kier alpha value is -1.27. The molecule has 1 N–H and O–H groups in total. The zero-order valence-corrected chi connectivity index (χ0v) is 10.2. The van der Waals surface area contributed by atoms with Gasteiger partial charge in [-0.1, -0.05) is 11.6 Å². The first kappa shape index (κ1) is 12.2. The second kappa shape index (κ2) is 4.93. The number of pyridine rings is 1. The minimum absolute atomic E-state index is 0.211. The van der Waals surface area contributed by atoms with Gasteiger partial charge in [-0.3, -0.25) is 4.79 Å². The minimum atomic E-state index is -0.989. The number of aromatic nitrogens is 1. The van der Waals surface area contributed by atoms with Gasteiger partial charge >= 0.3 is 5.97 Å². The Balaban J connectivity index is 2.19. The van der Waals surface area contributed by atoms with Crippen molar-refractivity contribution >= 4 is 35.2 Å². The van der Waals surface area contributed by atoms with Crippen LogP contribution in [0.4, 0.5) is 0 Å². The maximum absolute atomic E-state index is 12.0. The Morgan fingerprint density at radius 1 is 1.53 bits per heavy atom. The van der Waals surface area contributed by atoms with Crippen molar-refractivity contribution < 1.29 is 14.7 Å². The van der Waals surface area contributed by atoms with Crippen molar-refractivity contribution in [2.45, 2.75) is 6.04 Å². The lowest BCUT2D eigenvalue weighted by atomic mass is 10.2. The zero-order valence-electron chi connectivity index (χ0n) is 8.67. The number of carbonyl (C=O) groups excluding carboxylic acids is 1. The van der Waals surface area contributed by atoms with Crippen molar-refractivity contribution in [2.75, 3.05) is 11.6 Å². The highest BCUT2D eigenvalue weighted by Crippen LogP contribution is 2.23. The lowest BCUT2D eigenvalue weighted by Gasteiger charge is -2.19. The molecule has 7 heteroatoms. The SMILES string of the molecule is O=C(O)C1CSCN1C(=O)c1ccc(Cl)cn1. The molecule has 2 rings (SSSR count). The Bertz CT molecular complexity index is 451. The molecule has 0 bridgehead atoms. The van der Waals surface area contributed by atoms with Crippen LogP contribution in [0.25, 0.3) is 0 Å². The Labute approximate surface area is 107 Å². The first-order chi connectivity index (χ1) is 8.09. The fourth-order valence-corrected chi connectivity index (χ4v) is 2.75. The van der Waals surface area contributed by atoms with E-state index in [0.717, 1.165) is 0 Å². The number of amides is 1. The van der Waals surface area contributed by atoms with Gasteiger partial charge in [0, 0.05) is 11.9 Å². The van der Waals surface area contributed by atoms with Crippen LogP contribution in [0.3, 0.4) is 0 Å².